The number of carbonyl (C=O) groups is 2. The molecule has 2 atom stereocenters. The summed E-state index contributed by atoms with van der Waals surface area (Å²) in [5, 5.41) is 23.1. The van der Waals surface area contributed by atoms with Crippen molar-refractivity contribution in [1.82, 2.24) is 5.32 Å². The first-order valence-corrected chi connectivity index (χ1v) is 26.9. The molecule has 0 saturated heterocycles. The first-order chi connectivity index (χ1) is 29.5. The minimum absolute atomic E-state index is 0.00137. The standard InChI is InChI=1S/C54H105NO5/c1-3-5-7-9-11-13-15-24-28-32-36-40-44-48-54(59)60-49-45-41-37-33-29-26-23-21-19-17-16-18-20-22-25-27-31-35-39-43-47-53(58)55-51(50-56)52(57)46-42-38-34-30-14-12-10-8-6-4-2/h13,15,51-52,56-57H,3-12,14,16-50H2,1-2H3,(H,55,58)/b15-13-. The van der Waals surface area contributed by atoms with Gasteiger partial charge in [0, 0.05) is 12.8 Å². The zero-order chi connectivity index (χ0) is 43.7. The van der Waals surface area contributed by atoms with E-state index in [2.05, 4.69) is 31.3 Å². The Kier molecular flexibility index (Phi) is 49.1. The minimum atomic E-state index is -0.663. The van der Waals surface area contributed by atoms with Crippen LogP contribution in [-0.4, -0.2) is 47.4 Å². The van der Waals surface area contributed by atoms with Gasteiger partial charge in [-0.1, -0.05) is 244 Å². The fraction of sp³-hybridized carbons (Fsp3) is 0.926. The van der Waals surface area contributed by atoms with Crippen molar-refractivity contribution in [2.24, 2.45) is 0 Å². The molecule has 2 unspecified atom stereocenters. The van der Waals surface area contributed by atoms with Gasteiger partial charge < -0.3 is 20.3 Å². The van der Waals surface area contributed by atoms with E-state index in [0.717, 1.165) is 44.9 Å². The van der Waals surface area contributed by atoms with Gasteiger partial charge in [-0.3, -0.25) is 9.59 Å². The van der Waals surface area contributed by atoms with Gasteiger partial charge in [-0.05, 0) is 51.4 Å². The number of esters is 1. The van der Waals surface area contributed by atoms with E-state index in [1.54, 1.807) is 0 Å². The second kappa shape index (κ2) is 50.2. The summed E-state index contributed by atoms with van der Waals surface area (Å²) in [6.45, 7) is 4.92. The van der Waals surface area contributed by atoms with Crippen LogP contribution in [-0.2, 0) is 14.3 Å². The molecule has 0 rings (SSSR count). The highest BCUT2D eigenvalue weighted by Gasteiger charge is 2.20. The Morgan fingerprint density at radius 3 is 1.20 bits per heavy atom. The summed E-state index contributed by atoms with van der Waals surface area (Å²) in [6.07, 6.45) is 57.7. The SMILES string of the molecule is CCCCCC/C=C\CCCCCCCC(=O)OCCCCCCCCCCCCCCCCCCCCCCC(=O)NC(CO)C(O)CCCCCCCCCCCC. The van der Waals surface area contributed by atoms with Gasteiger partial charge in [-0.15, -0.1) is 0 Å². The molecule has 60 heavy (non-hydrogen) atoms. The molecule has 0 heterocycles. The molecular weight excluding hydrogens is 743 g/mol. The largest absolute Gasteiger partial charge is 0.466 e. The van der Waals surface area contributed by atoms with Crippen LogP contribution in [0.1, 0.15) is 296 Å². The molecule has 0 spiro atoms. The average molecular weight is 848 g/mol. The normalized spacial score (nSPS) is 12.7. The zero-order valence-corrected chi connectivity index (χ0v) is 40.5. The number of aliphatic hydroxyl groups is 2. The Morgan fingerprint density at radius 1 is 0.450 bits per heavy atom. The highest BCUT2D eigenvalue weighted by Crippen LogP contribution is 2.17. The molecule has 0 fully saturated rings. The van der Waals surface area contributed by atoms with Gasteiger partial charge in [0.25, 0.3) is 0 Å². The number of hydrogen-bond acceptors (Lipinski definition) is 5. The molecule has 0 radical (unpaired) electrons. The summed E-state index contributed by atoms with van der Waals surface area (Å²) < 4.78 is 5.46. The van der Waals surface area contributed by atoms with Crippen LogP contribution >= 0.6 is 0 Å². The lowest BCUT2D eigenvalue weighted by molar-refractivity contribution is -0.143. The van der Waals surface area contributed by atoms with Gasteiger partial charge in [0.2, 0.25) is 5.91 Å². The summed E-state index contributed by atoms with van der Waals surface area (Å²) in [5.41, 5.74) is 0. The molecule has 0 bridgehead atoms. The highest BCUT2D eigenvalue weighted by molar-refractivity contribution is 5.76. The van der Waals surface area contributed by atoms with Crippen molar-refractivity contribution in [3.8, 4) is 0 Å². The van der Waals surface area contributed by atoms with Crippen molar-refractivity contribution in [3.63, 3.8) is 0 Å². The van der Waals surface area contributed by atoms with E-state index in [0.29, 0.717) is 25.9 Å². The van der Waals surface area contributed by atoms with Gasteiger partial charge in [0.05, 0.1) is 25.4 Å². The summed E-state index contributed by atoms with van der Waals surface area (Å²) in [7, 11) is 0. The average Bonchev–Trinajstić information content (AvgIpc) is 3.25. The second-order valence-corrected chi connectivity index (χ2v) is 18.6. The van der Waals surface area contributed by atoms with Crippen molar-refractivity contribution in [2.45, 2.75) is 309 Å². The van der Waals surface area contributed by atoms with Gasteiger partial charge in [-0.2, -0.15) is 0 Å². The molecule has 1 amide bonds. The van der Waals surface area contributed by atoms with Crippen molar-refractivity contribution in [2.75, 3.05) is 13.2 Å². The third kappa shape index (κ3) is 46.1. The van der Waals surface area contributed by atoms with Gasteiger partial charge >= 0.3 is 5.97 Å². The third-order valence-corrected chi connectivity index (χ3v) is 12.6. The molecule has 0 aromatic carbocycles. The molecule has 3 N–H and O–H groups in total. The van der Waals surface area contributed by atoms with Crippen molar-refractivity contribution < 1.29 is 24.5 Å². The number of nitrogens with one attached hydrogen (secondary N) is 1. The van der Waals surface area contributed by atoms with Crippen LogP contribution in [0, 0.1) is 0 Å². The molecule has 6 heteroatoms. The van der Waals surface area contributed by atoms with Crippen LogP contribution < -0.4 is 5.32 Å². The quantitative estimate of drug-likeness (QED) is 0.0322. The molecule has 0 aliphatic heterocycles. The van der Waals surface area contributed by atoms with Gasteiger partial charge in [-0.25, -0.2) is 0 Å². The number of ether oxygens (including phenoxy) is 1. The molecule has 0 aromatic rings. The number of allylic oxidation sites excluding steroid dienone is 2. The number of rotatable bonds is 50. The summed E-state index contributed by atoms with van der Waals surface area (Å²) in [4.78, 5) is 24.4. The monoisotopic (exact) mass is 848 g/mol. The predicted octanol–water partition coefficient (Wildman–Crippen LogP) is 16.1. The van der Waals surface area contributed by atoms with E-state index in [4.69, 9.17) is 4.74 Å². The highest BCUT2D eigenvalue weighted by atomic mass is 16.5. The first-order valence-electron chi connectivity index (χ1n) is 26.9. The van der Waals surface area contributed by atoms with E-state index in [1.165, 1.54) is 218 Å². The summed E-state index contributed by atoms with van der Waals surface area (Å²) >= 11 is 0. The maximum atomic E-state index is 12.4. The minimum Gasteiger partial charge on any atom is -0.466 e. The van der Waals surface area contributed by atoms with E-state index in [-0.39, 0.29) is 18.5 Å². The van der Waals surface area contributed by atoms with Crippen LogP contribution in [0.3, 0.4) is 0 Å². The van der Waals surface area contributed by atoms with E-state index >= 15 is 0 Å². The lowest BCUT2D eigenvalue weighted by Crippen LogP contribution is -2.45. The fourth-order valence-corrected chi connectivity index (χ4v) is 8.40. The number of hydrogen-bond donors (Lipinski definition) is 3. The van der Waals surface area contributed by atoms with Crippen molar-refractivity contribution >= 4 is 11.9 Å². The summed E-state index contributed by atoms with van der Waals surface area (Å²) in [6, 6.07) is -0.540. The van der Waals surface area contributed by atoms with Crippen LogP contribution in [0.5, 0.6) is 0 Å². The molecule has 0 aromatic heterocycles. The molecule has 6 nitrogen and oxygen atoms in total. The lowest BCUT2D eigenvalue weighted by atomic mass is 10.0. The Morgan fingerprint density at radius 2 is 0.783 bits per heavy atom. The van der Waals surface area contributed by atoms with Crippen LogP contribution in [0.15, 0.2) is 12.2 Å². The maximum absolute atomic E-state index is 12.4. The molecule has 0 aliphatic rings. The van der Waals surface area contributed by atoms with E-state index in [1.807, 2.05) is 0 Å². The Labute approximate surface area is 374 Å². The van der Waals surface area contributed by atoms with Gasteiger partial charge in [0.1, 0.15) is 0 Å². The van der Waals surface area contributed by atoms with Crippen LogP contribution in [0.4, 0.5) is 0 Å². The number of amides is 1. The Hall–Kier alpha value is -1.40. The summed E-state index contributed by atoms with van der Waals surface area (Å²) in [5.74, 6) is -0.0366. The predicted molar refractivity (Wildman–Crippen MR) is 260 cm³/mol. The van der Waals surface area contributed by atoms with Crippen LogP contribution in [0.2, 0.25) is 0 Å². The van der Waals surface area contributed by atoms with Crippen LogP contribution in [0.25, 0.3) is 0 Å². The maximum Gasteiger partial charge on any atom is 0.305 e. The third-order valence-electron chi connectivity index (χ3n) is 12.6. The molecule has 0 saturated carbocycles. The molecule has 0 aliphatic carbocycles. The smallest absolute Gasteiger partial charge is 0.305 e. The Bertz CT molecular complexity index is 893. The fourth-order valence-electron chi connectivity index (χ4n) is 8.40. The topological polar surface area (TPSA) is 95.9 Å². The van der Waals surface area contributed by atoms with Gasteiger partial charge in [0.15, 0.2) is 0 Å². The first kappa shape index (κ1) is 58.6. The van der Waals surface area contributed by atoms with E-state index in [9.17, 15) is 19.8 Å². The second-order valence-electron chi connectivity index (χ2n) is 18.6. The van der Waals surface area contributed by atoms with Crippen molar-refractivity contribution in [1.29, 1.82) is 0 Å². The Balaban J connectivity index is 3.37. The van der Waals surface area contributed by atoms with E-state index < -0.39 is 12.1 Å². The molecular formula is C54H105NO5. The van der Waals surface area contributed by atoms with Crippen molar-refractivity contribution in [3.05, 3.63) is 12.2 Å². The zero-order valence-electron chi connectivity index (χ0n) is 40.5. The lowest BCUT2D eigenvalue weighted by Gasteiger charge is -2.22. The number of unbranched alkanes of at least 4 members (excludes halogenated alkanes) is 37. The number of carbonyl (C=O) groups excluding carboxylic acids is 2. The number of aliphatic hydroxyl groups excluding tert-OH is 2. The molecule has 356 valence electrons.